The molecular weight excluding hydrogens is 406 g/mol. The fourth-order valence-corrected chi connectivity index (χ4v) is 3.53. The van der Waals surface area contributed by atoms with Crippen molar-refractivity contribution in [2.45, 2.75) is 19.5 Å². The summed E-state index contributed by atoms with van der Waals surface area (Å²) in [5, 5.41) is 11.1. The molecule has 0 saturated heterocycles. The van der Waals surface area contributed by atoms with Crippen LogP contribution in [0.4, 0.5) is 0 Å². The van der Waals surface area contributed by atoms with Gasteiger partial charge in [0.1, 0.15) is 0 Å². The van der Waals surface area contributed by atoms with Crippen LogP contribution in [0.25, 0.3) is 0 Å². The quantitative estimate of drug-likeness (QED) is 0.375. The first-order chi connectivity index (χ1) is 15.7. The molecule has 0 unspecified atom stereocenters. The summed E-state index contributed by atoms with van der Waals surface area (Å²) in [6.07, 6.45) is 4.49. The van der Waals surface area contributed by atoms with Gasteiger partial charge in [0.05, 0.1) is 27.9 Å². The summed E-state index contributed by atoms with van der Waals surface area (Å²) in [7, 11) is 6.62. The maximum atomic E-state index is 5.57. The predicted molar refractivity (Wildman–Crippen MR) is 126 cm³/mol. The molecule has 8 nitrogen and oxygen atoms in total. The molecule has 1 heterocycles. The zero-order chi connectivity index (χ0) is 22.8. The molecule has 8 heteroatoms. The van der Waals surface area contributed by atoms with E-state index in [-0.39, 0.29) is 0 Å². The lowest BCUT2D eigenvalue weighted by Gasteiger charge is -2.17. The SMILES string of the molecule is CN=C(NCCc1ccc(OC)c(OC)c1OC)NCc1ccccc1Cn1cccn1. The number of hydrogen-bond donors (Lipinski definition) is 2. The van der Waals surface area contributed by atoms with Crippen LogP contribution in [0.5, 0.6) is 17.2 Å². The van der Waals surface area contributed by atoms with Crippen molar-refractivity contribution in [2.75, 3.05) is 34.9 Å². The van der Waals surface area contributed by atoms with E-state index in [0.29, 0.717) is 30.3 Å². The molecule has 32 heavy (non-hydrogen) atoms. The number of aromatic nitrogens is 2. The summed E-state index contributed by atoms with van der Waals surface area (Å²) in [4.78, 5) is 4.34. The van der Waals surface area contributed by atoms with Crippen molar-refractivity contribution in [1.29, 1.82) is 0 Å². The fraction of sp³-hybridized carbons (Fsp3) is 0.333. The second kappa shape index (κ2) is 11.6. The second-order valence-electron chi connectivity index (χ2n) is 7.07. The lowest BCUT2D eigenvalue weighted by molar-refractivity contribution is 0.322. The van der Waals surface area contributed by atoms with Crippen molar-refractivity contribution in [1.82, 2.24) is 20.4 Å². The first kappa shape index (κ1) is 23.0. The van der Waals surface area contributed by atoms with Gasteiger partial charge in [0.2, 0.25) is 5.75 Å². The number of guanidine groups is 1. The molecule has 0 amide bonds. The van der Waals surface area contributed by atoms with Crippen LogP contribution in [-0.2, 0) is 19.5 Å². The number of aliphatic imine (C=N–C) groups is 1. The van der Waals surface area contributed by atoms with Gasteiger partial charge in [-0.3, -0.25) is 9.67 Å². The van der Waals surface area contributed by atoms with Crippen LogP contribution in [0.2, 0.25) is 0 Å². The Hall–Kier alpha value is -3.68. The van der Waals surface area contributed by atoms with E-state index in [0.717, 1.165) is 24.5 Å². The minimum Gasteiger partial charge on any atom is -0.493 e. The molecule has 0 fully saturated rings. The molecule has 3 rings (SSSR count). The van der Waals surface area contributed by atoms with E-state index in [4.69, 9.17) is 14.2 Å². The van der Waals surface area contributed by atoms with Crippen molar-refractivity contribution in [2.24, 2.45) is 4.99 Å². The van der Waals surface area contributed by atoms with E-state index in [2.05, 4.69) is 32.9 Å². The summed E-state index contributed by atoms with van der Waals surface area (Å²) in [6.45, 7) is 2.08. The molecule has 0 bridgehead atoms. The minimum absolute atomic E-state index is 0.601. The number of nitrogens with one attached hydrogen (secondary N) is 2. The molecule has 0 atom stereocenters. The number of rotatable bonds is 10. The maximum Gasteiger partial charge on any atom is 0.203 e. The molecule has 1 aromatic heterocycles. The first-order valence-corrected chi connectivity index (χ1v) is 10.5. The van der Waals surface area contributed by atoms with Gasteiger partial charge in [-0.2, -0.15) is 5.10 Å². The maximum absolute atomic E-state index is 5.57. The van der Waals surface area contributed by atoms with Gasteiger partial charge >= 0.3 is 0 Å². The summed E-state index contributed by atoms with van der Waals surface area (Å²) >= 11 is 0. The van der Waals surface area contributed by atoms with Crippen molar-refractivity contribution >= 4 is 5.96 Å². The van der Waals surface area contributed by atoms with Gasteiger partial charge in [0.15, 0.2) is 17.5 Å². The normalized spacial score (nSPS) is 11.2. The van der Waals surface area contributed by atoms with E-state index >= 15 is 0 Å². The third-order valence-electron chi connectivity index (χ3n) is 5.15. The summed E-state index contributed by atoms with van der Waals surface area (Å²) in [5.74, 6) is 2.67. The Labute approximate surface area is 189 Å². The lowest BCUT2D eigenvalue weighted by Crippen LogP contribution is -2.38. The van der Waals surface area contributed by atoms with Gasteiger partial charge in [-0.05, 0) is 29.7 Å². The largest absolute Gasteiger partial charge is 0.493 e. The zero-order valence-corrected chi connectivity index (χ0v) is 19.1. The third kappa shape index (κ3) is 5.72. The number of benzene rings is 2. The molecule has 2 N–H and O–H groups in total. The molecule has 3 aromatic rings. The Bertz CT molecular complexity index is 1020. The third-order valence-corrected chi connectivity index (χ3v) is 5.15. The van der Waals surface area contributed by atoms with Crippen molar-refractivity contribution in [3.05, 3.63) is 71.5 Å². The van der Waals surface area contributed by atoms with Crippen LogP contribution in [0.1, 0.15) is 16.7 Å². The lowest BCUT2D eigenvalue weighted by atomic mass is 10.1. The van der Waals surface area contributed by atoms with E-state index in [1.807, 2.05) is 41.2 Å². The van der Waals surface area contributed by atoms with Crippen LogP contribution in [0, 0.1) is 0 Å². The number of methoxy groups -OCH3 is 3. The number of nitrogens with zero attached hydrogens (tertiary/aromatic N) is 3. The van der Waals surface area contributed by atoms with E-state index in [1.54, 1.807) is 34.6 Å². The molecule has 0 spiro atoms. The molecule has 0 aliphatic carbocycles. The van der Waals surface area contributed by atoms with Gasteiger partial charge in [-0.15, -0.1) is 0 Å². The molecule has 170 valence electrons. The molecule has 0 aliphatic heterocycles. The molecule has 2 aromatic carbocycles. The Morgan fingerprint density at radius 1 is 0.906 bits per heavy atom. The standard InChI is InChI=1S/C24H31N5O3/c1-25-24(26-14-12-18-10-11-21(30-2)23(32-4)22(18)31-3)27-16-19-8-5-6-9-20(19)17-29-15-7-13-28-29/h5-11,13,15H,12,14,16-17H2,1-4H3,(H2,25,26,27). The molecule has 0 radical (unpaired) electrons. The van der Waals surface area contributed by atoms with Gasteiger partial charge in [-0.1, -0.05) is 30.3 Å². The molecular formula is C24H31N5O3. The van der Waals surface area contributed by atoms with E-state index in [1.165, 1.54) is 11.1 Å². The van der Waals surface area contributed by atoms with Crippen LogP contribution < -0.4 is 24.8 Å². The van der Waals surface area contributed by atoms with E-state index < -0.39 is 0 Å². The van der Waals surface area contributed by atoms with Crippen LogP contribution in [0.3, 0.4) is 0 Å². The summed E-state index contributed by atoms with van der Waals surface area (Å²) in [5.41, 5.74) is 3.44. The average Bonchev–Trinajstić information content (AvgIpc) is 3.34. The number of hydrogen-bond acceptors (Lipinski definition) is 5. The number of ether oxygens (including phenoxy) is 3. The topological polar surface area (TPSA) is 81.9 Å². The van der Waals surface area contributed by atoms with Gasteiger partial charge in [0.25, 0.3) is 0 Å². The highest BCUT2D eigenvalue weighted by Crippen LogP contribution is 2.39. The molecule has 0 saturated carbocycles. The highest BCUT2D eigenvalue weighted by molar-refractivity contribution is 5.79. The van der Waals surface area contributed by atoms with Crippen LogP contribution in [-0.4, -0.2) is 50.7 Å². The van der Waals surface area contributed by atoms with Crippen molar-refractivity contribution in [3.63, 3.8) is 0 Å². The minimum atomic E-state index is 0.601. The van der Waals surface area contributed by atoms with Crippen LogP contribution in [0.15, 0.2) is 59.9 Å². The Balaban J connectivity index is 1.58. The monoisotopic (exact) mass is 437 g/mol. The zero-order valence-electron chi connectivity index (χ0n) is 19.1. The van der Waals surface area contributed by atoms with Crippen molar-refractivity contribution in [3.8, 4) is 17.2 Å². The highest BCUT2D eigenvalue weighted by atomic mass is 16.5. The second-order valence-corrected chi connectivity index (χ2v) is 7.07. The Kier molecular flexibility index (Phi) is 8.36. The Morgan fingerprint density at radius 2 is 1.69 bits per heavy atom. The first-order valence-electron chi connectivity index (χ1n) is 10.5. The fourth-order valence-electron chi connectivity index (χ4n) is 3.53. The molecule has 0 aliphatic rings. The smallest absolute Gasteiger partial charge is 0.203 e. The van der Waals surface area contributed by atoms with Gasteiger partial charge in [-0.25, -0.2) is 0 Å². The predicted octanol–water partition coefficient (Wildman–Crippen LogP) is 2.86. The summed E-state index contributed by atoms with van der Waals surface area (Å²) < 4.78 is 18.3. The van der Waals surface area contributed by atoms with Crippen molar-refractivity contribution < 1.29 is 14.2 Å². The average molecular weight is 438 g/mol. The highest BCUT2D eigenvalue weighted by Gasteiger charge is 2.15. The Morgan fingerprint density at radius 3 is 2.34 bits per heavy atom. The van der Waals surface area contributed by atoms with Gasteiger partial charge < -0.3 is 24.8 Å². The van der Waals surface area contributed by atoms with Gasteiger partial charge in [0, 0.05) is 38.1 Å². The van der Waals surface area contributed by atoms with E-state index in [9.17, 15) is 0 Å². The summed E-state index contributed by atoms with van der Waals surface area (Å²) in [6, 6.07) is 14.1. The van der Waals surface area contributed by atoms with Crippen LogP contribution >= 0.6 is 0 Å².